The Kier molecular flexibility index (Phi) is 4.64. The van der Waals surface area contributed by atoms with Gasteiger partial charge in [0.15, 0.2) is 0 Å². The fourth-order valence-corrected chi connectivity index (χ4v) is 1.98. The molecule has 0 amide bonds. The molecule has 0 saturated heterocycles. The Balaban J connectivity index is 2.03. The SMILES string of the molecule is O=[N+]([O-])c1cc(NCc2cn(CCO)nn2)ccc1Br. The molecule has 2 aromatic rings. The second-order valence-electron chi connectivity index (χ2n) is 3.97. The van der Waals surface area contributed by atoms with Gasteiger partial charge in [-0.25, -0.2) is 4.68 Å². The van der Waals surface area contributed by atoms with Crippen LogP contribution in [0.1, 0.15) is 5.69 Å². The topological polar surface area (TPSA) is 106 Å². The van der Waals surface area contributed by atoms with E-state index in [2.05, 4.69) is 31.6 Å². The van der Waals surface area contributed by atoms with Gasteiger partial charge in [-0.15, -0.1) is 5.10 Å². The summed E-state index contributed by atoms with van der Waals surface area (Å²) in [5, 5.41) is 30.4. The molecule has 0 spiro atoms. The molecule has 0 bridgehead atoms. The molecule has 0 unspecified atom stereocenters. The number of halogens is 1. The number of hydrogen-bond donors (Lipinski definition) is 2. The maximum Gasteiger partial charge on any atom is 0.285 e. The van der Waals surface area contributed by atoms with E-state index in [1.807, 2.05) is 0 Å². The van der Waals surface area contributed by atoms with E-state index in [1.165, 1.54) is 10.7 Å². The van der Waals surface area contributed by atoms with Gasteiger partial charge >= 0.3 is 0 Å². The molecule has 1 heterocycles. The van der Waals surface area contributed by atoms with Crippen molar-refractivity contribution in [2.45, 2.75) is 13.1 Å². The van der Waals surface area contributed by atoms with Gasteiger partial charge in [0.2, 0.25) is 0 Å². The Morgan fingerprint density at radius 3 is 3.00 bits per heavy atom. The summed E-state index contributed by atoms with van der Waals surface area (Å²) in [4.78, 5) is 10.4. The number of nitrogens with one attached hydrogen (secondary N) is 1. The largest absolute Gasteiger partial charge is 0.394 e. The first-order valence-corrected chi connectivity index (χ1v) is 6.57. The quantitative estimate of drug-likeness (QED) is 0.609. The lowest BCUT2D eigenvalue weighted by Gasteiger charge is -2.04. The first kappa shape index (κ1) is 14.4. The molecule has 2 N–H and O–H groups in total. The number of nitro benzene ring substituents is 1. The van der Waals surface area contributed by atoms with E-state index in [1.54, 1.807) is 18.3 Å². The Morgan fingerprint density at radius 1 is 1.50 bits per heavy atom. The number of nitro groups is 1. The number of nitrogens with zero attached hydrogens (tertiary/aromatic N) is 4. The molecule has 0 fully saturated rings. The first-order chi connectivity index (χ1) is 9.60. The number of aliphatic hydroxyl groups is 1. The van der Waals surface area contributed by atoms with Crippen molar-refractivity contribution in [1.82, 2.24) is 15.0 Å². The van der Waals surface area contributed by atoms with Gasteiger partial charge in [-0.2, -0.15) is 0 Å². The third kappa shape index (κ3) is 3.52. The second kappa shape index (κ2) is 6.44. The summed E-state index contributed by atoms with van der Waals surface area (Å²) in [5.41, 5.74) is 1.31. The van der Waals surface area contributed by atoms with E-state index in [-0.39, 0.29) is 12.3 Å². The van der Waals surface area contributed by atoms with Crippen molar-refractivity contribution in [3.05, 3.63) is 44.7 Å². The van der Waals surface area contributed by atoms with Crippen molar-refractivity contribution in [3.8, 4) is 0 Å². The minimum absolute atomic E-state index is 0.000986. The predicted octanol–water partition coefficient (Wildman–Crippen LogP) is 1.55. The van der Waals surface area contributed by atoms with Crippen LogP contribution in [0.3, 0.4) is 0 Å². The van der Waals surface area contributed by atoms with Crippen molar-refractivity contribution >= 4 is 27.3 Å². The van der Waals surface area contributed by atoms with Crippen molar-refractivity contribution < 1.29 is 10.0 Å². The number of aromatic nitrogens is 3. The Labute approximate surface area is 122 Å². The van der Waals surface area contributed by atoms with Gasteiger partial charge in [0.05, 0.1) is 35.3 Å². The Hall–Kier alpha value is -2.00. The van der Waals surface area contributed by atoms with Crippen LogP contribution in [0, 0.1) is 10.1 Å². The molecule has 0 aliphatic rings. The summed E-state index contributed by atoms with van der Waals surface area (Å²) in [6.45, 7) is 0.774. The van der Waals surface area contributed by atoms with E-state index in [0.29, 0.717) is 28.9 Å². The molecule has 0 radical (unpaired) electrons. The fraction of sp³-hybridized carbons (Fsp3) is 0.273. The number of benzene rings is 1. The first-order valence-electron chi connectivity index (χ1n) is 5.78. The maximum atomic E-state index is 10.8. The summed E-state index contributed by atoms with van der Waals surface area (Å²) in [6, 6.07) is 4.79. The number of rotatable bonds is 6. The highest BCUT2D eigenvalue weighted by Gasteiger charge is 2.12. The molecule has 0 aliphatic carbocycles. The molecule has 9 heteroatoms. The van der Waals surface area contributed by atoms with E-state index >= 15 is 0 Å². The average Bonchev–Trinajstić information content (AvgIpc) is 2.86. The summed E-state index contributed by atoms with van der Waals surface area (Å²) in [7, 11) is 0. The summed E-state index contributed by atoms with van der Waals surface area (Å²) in [5.74, 6) is 0. The zero-order valence-electron chi connectivity index (χ0n) is 10.4. The lowest BCUT2D eigenvalue weighted by molar-refractivity contribution is -0.385. The van der Waals surface area contributed by atoms with E-state index in [4.69, 9.17) is 5.11 Å². The van der Waals surface area contributed by atoms with Crippen LogP contribution in [0.15, 0.2) is 28.9 Å². The minimum Gasteiger partial charge on any atom is -0.394 e. The molecule has 0 saturated carbocycles. The van der Waals surface area contributed by atoms with Crippen molar-refractivity contribution in [1.29, 1.82) is 0 Å². The van der Waals surface area contributed by atoms with Crippen molar-refractivity contribution in [3.63, 3.8) is 0 Å². The molecule has 1 aromatic carbocycles. The minimum atomic E-state index is -0.452. The van der Waals surface area contributed by atoms with Crippen LogP contribution in [-0.4, -0.2) is 31.6 Å². The third-order valence-electron chi connectivity index (χ3n) is 2.53. The lowest BCUT2D eigenvalue weighted by atomic mass is 10.3. The zero-order valence-corrected chi connectivity index (χ0v) is 11.9. The zero-order chi connectivity index (χ0) is 14.5. The second-order valence-corrected chi connectivity index (χ2v) is 4.83. The summed E-state index contributed by atoms with van der Waals surface area (Å²) < 4.78 is 1.96. The number of aliphatic hydroxyl groups excluding tert-OH is 1. The lowest BCUT2D eigenvalue weighted by Crippen LogP contribution is -2.02. The van der Waals surface area contributed by atoms with Crippen LogP contribution < -0.4 is 5.32 Å². The van der Waals surface area contributed by atoms with E-state index < -0.39 is 4.92 Å². The fourth-order valence-electron chi connectivity index (χ4n) is 1.59. The van der Waals surface area contributed by atoms with Crippen LogP contribution in [0.2, 0.25) is 0 Å². The maximum absolute atomic E-state index is 10.8. The van der Waals surface area contributed by atoms with Gasteiger partial charge in [-0.3, -0.25) is 10.1 Å². The molecular weight excluding hydrogens is 330 g/mol. The van der Waals surface area contributed by atoms with Crippen molar-refractivity contribution in [2.24, 2.45) is 0 Å². The van der Waals surface area contributed by atoms with Gasteiger partial charge in [0.1, 0.15) is 5.69 Å². The van der Waals surface area contributed by atoms with Gasteiger partial charge in [0.25, 0.3) is 5.69 Å². The Bertz CT molecular complexity index is 616. The molecule has 0 aliphatic heterocycles. The van der Waals surface area contributed by atoms with E-state index in [0.717, 1.165) is 0 Å². The smallest absolute Gasteiger partial charge is 0.285 e. The van der Waals surface area contributed by atoms with Gasteiger partial charge in [0, 0.05) is 11.8 Å². The normalized spacial score (nSPS) is 10.5. The highest BCUT2D eigenvalue weighted by atomic mass is 79.9. The van der Waals surface area contributed by atoms with Gasteiger partial charge < -0.3 is 10.4 Å². The summed E-state index contributed by atoms with van der Waals surface area (Å²) >= 11 is 3.13. The molecule has 2 rings (SSSR count). The standard InChI is InChI=1S/C11H12BrN5O3/c12-10-2-1-8(5-11(10)17(19)20)13-6-9-7-16(3-4-18)15-14-9/h1-2,5,7,13,18H,3-4,6H2. The molecule has 106 valence electrons. The molecule has 20 heavy (non-hydrogen) atoms. The van der Waals surface area contributed by atoms with Crippen LogP contribution in [0.25, 0.3) is 0 Å². The highest BCUT2D eigenvalue weighted by molar-refractivity contribution is 9.10. The Morgan fingerprint density at radius 2 is 2.30 bits per heavy atom. The van der Waals surface area contributed by atoms with Gasteiger partial charge in [-0.05, 0) is 28.1 Å². The van der Waals surface area contributed by atoms with Crippen LogP contribution in [0.4, 0.5) is 11.4 Å². The molecule has 8 nitrogen and oxygen atoms in total. The monoisotopic (exact) mass is 341 g/mol. The van der Waals surface area contributed by atoms with E-state index in [9.17, 15) is 10.1 Å². The van der Waals surface area contributed by atoms with Crippen LogP contribution >= 0.6 is 15.9 Å². The van der Waals surface area contributed by atoms with Crippen LogP contribution in [0.5, 0.6) is 0 Å². The average molecular weight is 342 g/mol. The molecular formula is C11H12BrN5O3. The third-order valence-corrected chi connectivity index (χ3v) is 3.20. The predicted molar refractivity (Wildman–Crippen MR) is 75.2 cm³/mol. The van der Waals surface area contributed by atoms with Crippen molar-refractivity contribution in [2.75, 3.05) is 11.9 Å². The molecule has 1 aromatic heterocycles. The highest BCUT2D eigenvalue weighted by Crippen LogP contribution is 2.27. The number of hydrogen-bond acceptors (Lipinski definition) is 6. The summed E-state index contributed by atoms with van der Waals surface area (Å²) in [6.07, 6.45) is 1.70. The van der Waals surface area contributed by atoms with Gasteiger partial charge in [-0.1, -0.05) is 5.21 Å². The number of anilines is 1. The molecule has 0 atom stereocenters. The van der Waals surface area contributed by atoms with Crippen LogP contribution in [-0.2, 0) is 13.1 Å².